The van der Waals surface area contributed by atoms with Crippen molar-refractivity contribution in [2.75, 3.05) is 7.11 Å². The molecular formula is C12H12O4. The van der Waals surface area contributed by atoms with Crippen LogP contribution in [0.3, 0.4) is 0 Å². The fourth-order valence-corrected chi connectivity index (χ4v) is 1.12. The van der Waals surface area contributed by atoms with Crippen LogP contribution in [-0.2, 0) is 14.3 Å². The third-order valence-corrected chi connectivity index (χ3v) is 1.74. The van der Waals surface area contributed by atoms with Crippen molar-refractivity contribution in [1.29, 1.82) is 0 Å². The summed E-state index contributed by atoms with van der Waals surface area (Å²) < 4.78 is 9.44. The Bertz CT molecular complexity index is 406. The van der Waals surface area contributed by atoms with Gasteiger partial charge in [0.1, 0.15) is 6.26 Å². The number of hydrogen-bond acceptors (Lipinski definition) is 4. The molecule has 0 aliphatic heterocycles. The van der Waals surface area contributed by atoms with Gasteiger partial charge in [-0.25, -0.2) is 0 Å². The van der Waals surface area contributed by atoms with E-state index in [1.165, 1.54) is 14.0 Å². The van der Waals surface area contributed by atoms with Crippen LogP contribution in [0, 0.1) is 0 Å². The minimum atomic E-state index is -0.562. The summed E-state index contributed by atoms with van der Waals surface area (Å²) >= 11 is 0. The summed E-state index contributed by atoms with van der Waals surface area (Å²) in [6, 6.07) is 8.52. The third-order valence-electron chi connectivity index (χ3n) is 1.74. The highest BCUT2D eigenvalue weighted by Crippen LogP contribution is 2.09. The zero-order valence-electron chi connectivity index (χ0n) is 9.10. The van der Waals surface area contributed by atoms with Gasteiger partial charge in [0.05, 0.1) is 7.11 Å². The second-order valence-corrected chi connectivity index (χ2v) is 3.01. The van der Waals surface area contributed by atoms with E-state index in [1.54, 1.807) is 30.3 Å². The Morgan fingerprint density at radius 1 is 1.19 bits per heavy atom. The van der Waals surface area contributed by atoms with Crippen molar-refractivity contribution in [2.45, 2.75) is 6.92 Å². The number of hydrogen-bond donors (Lipinski definition) is 0. The molecule has 1 rings (SSSR count). The van der Waals surface area contributed by atoms with Gasteiger partial charge in [-0.2, -0.15) is 0 Å². The lowest BCUT2D eigenvalue weighted by atomic mass is 10.1. The minimum absolute atomic E-state index is 0.124. The van der Waals surface area contributed by atoms with Crippen LogP contribution in [0.1, 0.15) is 17.3 Å². The molecule has 0 aliphatic rings. The molecule has 0 saturated heterocycles. The summed E-state index contributed by atoms with van der Waals surface area (Å²) in [5.41, 5.74) is 0.437. The number of ether oxygens (including phenoxy) is 2. The number of Topliss-reactive ketones (excluding diaryl/α,β-unsaturated/α-hetero) is 1. The molecule has 0 atom stereocenters. The summed E-state index contributed by atoms with van der Waals surface area (Å²) in [5, 5.41) is 0. The van der Waals surface area contributed by atoms with Gasteiger partial charge in [-0.3, -0.25) is 9.59 Å². The molecule has 0 unspecified atom stereocenters. The van der Waals surface area contributed by atoms with Gasteiger partial charge in [0.2, 0.25) is 11.5 Å². The first kappa shape index (κ1) is 12.0. The van der Waals surface area contributed by atoms with E-state index in [0.717, 1.165) is 6.26 Å². The Labute approximate surface area is 93.5 Å². The lowest BCUT2D eigenvalue weighted by molar-refractivity contribution is -0.136. The molecule has 1 aromatic rings. The Balaban J connectivity index is 2.92. The van der Waals surface area contributed by atoms with E-state index >= 15 is 0 Å². The number of carbonyl (C=O) groups excluding carboxylic acids is 2. The highest BCUT2D eigenvalue weighted by molar-refractivity contribution is 6.08. The van der Waals surface area contributed by atoms with Crippen LogP contribution in [0.15, 0.2) is 42.4 Å². The maximum Gasteiger partial charge on any atom is 0.308 e. The average Bonchev–Trinajstić information content (AvgIpc) is 2.28. The molecule has 16 heavy (non-hydrogen) atoms. The standard InChI is InChI=1S/C12H12O4/c1-9(13)16-11(8-15-2)12(14)10-6-4-3-5-7-10/h3-8H,1-2H3/b11-8+. The number of carbonyl (C=O) groups is 2. The quantitative estimate of drug-likeness (QED) is 0.336. The van der Waals surface area contributed by atoms with Gasteiger partial charge in [-0.15, -0.1) is 0 Å². The van der Waals surface area contributed by atoms with Crippen molar-refractivity contribution in [3.8, 4) is 0 Å². The Hall–Kier alpha value is -2.10. The van der Waals surface area contributed by atoms with Crippen molar-refractivity contribution in [3.63, 3.8) is 0 Å². The zero-order valence-corrected chi connectivity index (χ0v) is 9.10. The number of rotatable bonds is 4. The predicted molar refractivity (Wildman–Crippen MR) is 57.6 cm³/mol. The van der Waals surface area contributed by atoms with E-state index in [0.29, 0.717) is 5.56 Å². The van der Waals surface area contributed by atoms with Crippen molar-refractivity contribution in [3.05, 3.63) is 47.9 Å². The van der Waals surface area contributed by atoms with Crippen molar-refractivity contribution in [1.82, 2.24) is 0 Å². The van der Waals surface area contributed by atoms with Crippen LogP contribution < -0.4 is 0 Å². The largest absolute Gasteiger partial charge is 0.500 e. The highest BCUT2D eigenvalue weighted by Gasteiger charge is 2.15. The van der Waals surface area contributed by atoms with Gasteiger partial charge in [0, 0.05) is 12.5 Å². The number of ketones is 1. The fraction of sp³-hybridized carbons (Fsp3) is 0.167. The zero-order chi connectivity index (χ0) is 12.0. The molecule has 0 heterocycles. The van der Waals surface area contributed by atoms with E-state index in [2.05, 4.69) is 4.74 Å². The molecule has 4 nitrogen and oxygen atoms in total. The van der Waals surface area contributed by atoms with Crippen molar-refractivity contribution >= 4 is 11.8 Å². The average molecular weight is 220 g/mol. The van der Waals surface area contributed by atoms with Gasteiger partial charge in [0.15, 0.2) is 0 Å². The van der Waals surface area contributed by atoms with Crippen LogP contribution in [0.25, 0.3) is 0 Å². The van der Waals surface area contributed by atoms with E-state index in [1.807, 2.05) is 0 Å². The maximum atomic E-state index is 11.8. The smallest absolute Gasteiger partial charge is 0.308 e. The van der Waals surface area contributed by atoms with E-state index in [-0.39, 0.29) is 5.76 Å². The van der Waals surface area contributed by atoms with Crippen molar-refractivity contribution < 1.29 is 19.1 Å². The minimum Gasteiger partial charge on any atom is -0.500 e. The topological polar surface area (TPSA) is 52.6 Å². The Morgan fingerprint density at radius 3 is 2.31 bits per heavy atom. The maximum absolute atomic E-state index is 11.8. The first-order chi connectivity index (χ1) is 7.65. The monoisotopic (exact) mass is 220 g/mol. The number of allylic oxidation sites excluding steroid dienone is 1. The van der Waals surface area contributed by atoms with E-state index < -0.39 is 11.8 Å². The first-order valence-corrected chi connectivity index (χ1v) is 4.66. The molecule has 0 fully saturated rings. The van der Waals surface area contributed by atoms with Gasteiger partial charge < -0.3 is 9.47 Å². The summed E-state index contributed by atoms with van der Waals surface area (Å²) in [7, 11) is 1.38. The normalized spacial score (nSPS) is 10.8. The first-order valence-electron chi connectivity index (χ1n) is 4.66. The van der Waals surface area contributed by atoms with E-state index in [9.17, 15) is 9.59 Å². The predicted octanol–water partition coefficient (Wildman–Crippen LogP) is 1.92. The van der Waals surface area contributed by atoms with Gasteiger partial charge in [-0.05, 0) is 0 Å². The number of benzene rings is 1. The molecule has 84 valence electrons. The summed E-state index contributed by atoms with van der Waals surface area (Å²) in [6.45, 7) is 1.22. The fourth-order valence-electron chi connectivity index (χ4n) is 1.12. The molecule has 1 aromatic carbocycles. The molecule has 0 aromatic heterocycles. The number of esters is 1. The molecular weight excluding hydrogens is 208 g/mol. The Kier molecular flexibility index (Phi) is 4.27. The van der Waals surface area contributed by atoms with Crippen LogP contribution in [0.5, 0.6) is 0 Å². The molecule has 0 N–H and O–H groups in total. The lowest BCUT2D eigenvalue weighted by Crippen LogP contribution is -2.10. The molecule has 4 heteroatoms. The highest BCUT2D eigenvalue weighted by atomic mass is 16.6. The van der Waals surface area contributed by atoms with Crippen molar-refractivity contribution in [2.24, 2.45) is 0 Å². The SMILES string of the molecule is CO/C=C(/OC(C)=O)C(=O)c1ccccc1. The van der Waals surface area contributed by atoms with Crippen LogP contribution in [0.2, 0.25) is 0 Å². The molecule has 0 bridgehead atoms. The second kappa shape index (κ2) is 5.70. The van der Waals surface area contributed by atoms with Gasteiger partial charge in [0.25, 0.3) is 0 Å². The lowest BCUT2D eigenvalue weighted by Gasteiger charge is -2.05. The molecule has 0 radical (unpaired) electrons. The van der Waals surface area contributed by atoms with Gasteiger partial charge >= 0.3 is 5.97 Å². The second-order valence-electron chi connectivity index (χ2n) is 3.01. The third kappa shape index (κ3) is 3.24. The van der Waals surface area contributed by atoms with Gasteiger partial charge in [-0.1, -0.05) is 30.3 Å². The summed E-state index contributed by atoms with van der Waals surface area (Å²) in [4.78, 5) is 22.6. The number of methoxy groups -OCH3 is 1. The van der Waals surface area contributed by atoms with Crippen LogP contribution in [-0.4, -0.2) is 18.9 Å². The molecule has 0 saturated carbocycles. The van der Waals surface area contributed by atoms with Crippen LogP contribution >= 0.6 is 0 Å². The Morgan fingerprint density at radius 2 is 1.81 bits per heavy atom. The van der Waals surface area contributed by atoms with E-state index in [4.69, 9.17) is 4.74 Å². The van der Waals surface area contributed by atoms with Crippen LogP contribution in [0.4, 0.5) is 0 Å². The summed E-state index contributed by atoms with van der Waals surface area (Å²) in [5.74, 6) is -1.08. The molecule has 0 aliphatic carbocycles. The summed E-state index contributed by atoms with van der Waals surface area (Å²) in [6.07, 6.45) is 1.11. The molecule has 0 spiro atoms. The molecule has 0 amide bonds.